The molecule has 0 amide bonds. The fourth-order valence-corrected chi connectivity index (χ4v) is 2.57. The summed E-state index contributed by atoms with van der Waals surface area (Å²) >= 11 is 0. The van der Waals surface area contributed by atoms with Crippen LogP contribution in [-0.2, 0) is 6.54 Å². The van der Waals surface area contributed by atoms with Crippen molar-refractivity contribution in [2.24, 2.45) is 5.92 Å². The van der Waals surface area contributed by atoms with Crippen molar-refractivity contribution in [1.82, 2.24) is 10.2 Å². The molecule has 1 heterocycles. The predicted molar refractivity (Wildman–Crippen MR) is 79.0 cm³/mol. The van der Waals surface area contributed by atoms with Gasteiger partial charge in [0.15, 0.2) is 0 Å². The molecule has 1 aliphatic rings. The maximum atomic E-state index is 9.02. The van der Waals surface area contributed by atoms with Gasteiger partial charge in [-0.25, -0.2) is 0 Å². The first kappa shape index (κ1) is 14.5. The molecule has 1 fully saturated rings. The molecule has 0 bridgehead atoms. The molecule has 0 aliphatic carbocycles. The van der Waals surface area contributed by atoms with Crippen LogP contribution in [0.3, 0.4) is 0 Å². The first-order chi connectivity index (χ1) is 9.28. The highest BCUT2D eigenvalue weighted by atomic mass is 16.3. The van der Waals surface area contributed by atoms with Gasteiger partial charge in [0, 0.05) is 25.7 Å². The van der Waals surface area contributed by atoms with E-state index in [0.29, 0.717) is 12.0 Å². The van der Waals surface area contributed by atoms with Gasteiger partial charge < -0.3 is 10.4 Å². The lowest BCUT2D eigenvalue weighted by atomic mass is 10.0. The minimum absolute atomic E-state index is 0.278. The third kappa shape index (κ3) is 4.94. The Kier molecular flexibility index (Phi) is 5.83. The lowest BCUT2D eigenvalue weighted by Crippen LogP contribution is -2.43. The van der Waals surface area contributed by atoms with Gasteiger partial charge in [0.2, 0.25) is 0 Å². The molecule has 1 atom stereocenters. The maximum absolute atomic E-state index is 9.02. The van der Waals surface area contributed by atoms with Crippen molar-refractivity contribution in [3.8, 4) is 0 Å². The molecule has 0 aromatic heterocycles. The van der Waals surface area contributed by atoms with Crippen LogP contribution in [0.25, 0.3) is 0 Å². The fraction of sp³-hybridized carbons (Fsp3) is 0.625. The second kappa shape index (κ2) is 7.63. The Bertz CT molecular complexity index is 347. The second-order valence-corrected chi connectivity index (χ2v) is 5.73. The molecular formula is C16H26N2O. The average molecular weight is 262 g/mol. The van der Waals surface area contributed by atoms with E-state index in [1.807, 2.05) is 0 Å². The standard InChI is InChI=1S/C16H26N2O/c1-14(13-19)11-17-16-7-9-18(10-8-16)12-15-5-3-2-4-6-15/h2-6,14,16-17,19H,7-13H2,1H3. The van der Waals surface area contributed by atoms with E-state index in [1.54, 1.807) is 0 Å². The number of rotatable bonds is 6. The van der Waals surface area contributed by atoms with Gasteiger partial charge in [0.05, 0.1) is 0 Å². The van der Waals surface area contributed by atoms with E-state index in [4.69, 9.17) is 5.11 Å². The minimum Gasteiger partial charge on any atom is -0.396 e. The van der Waals surface area contributed by atoms with Crippen molar-refractivity contribution in [3.63, 3.8) is 0 Å². The zero-order chi connectivity index (χ0) is 13.5. The molecule has 1 aromatic carbocycles. The number of aliphatic hydroxyl groups excluding tert-OH is 1. The van der Waals surface area contributed by atoms with E-state index in [9.17, 15) is 0 Å². The summed E-state index contributed by atoms with van der Waals surface area (Å²) in [6.07, 6.45) is 2.43. The van der Waals surface area contributed by atoms with E-state index >= 15 is 0 Å². The molecule has 1 unspecified atom stereocenters. The molecule has 106 valence electrons. The van der Waals surface area contributed by atoms with Crippen molar-refractivity contribution in [2.75, 3.05) is 26.2 Å². The third-order valence-electron chi connectivity index (χ3n) is 3.90. The van der Waals surface area contributed by atoms with Crippen LogP contribution in [0.15, 0.2) is 30.3 Å². The molecule has 0 spiro atoms. The summed E-state index contributed by atoms with van der Waals surface area (Å²) in [4.78, 5) is 2.53. The third-order valence-corrected chi connectivity index (χ3v) is 3.90. The van der Waals surface area contributed by atoms with Crippen LogP contribution >= 0.6 is 0 Å². The summed E-state index contributed by atoms with van der Waals surface area (Å²) in [5, 5.41) is 12.6. The lowest BCUT2D eigenvalue weighted by molar-refractivity contribution is 0.180. The van der Waals surface area contributed by atoms with Crippen LogP contribution in [0.5, 0.6) is 0 Å². The lowest BCUT2D eigenvalue weighted by Gasteiger charge is -2.33. The minimum atomic E-state index is 0.278. The number of aliphatic hydroxyl groups is 1. The summed E-state index contributed by atoms with van der Waals surface area (Å²) in [7, 11) is 0. The zero-order valence-corrected chi connectivity index (χ0v) is 11.9. The van der Waals surface area contributed by atoms with E-state index in [0.717, 1.165) is 13.1 Å². The predicted octanol–water partition coefficient (Wildman–Crippen LogP) is 1.87. The second-order valence-electron chi connectivity index (χ2n) is 5.73. The van der Waals surface area contributed by atoms with Gasteiger partial charge in [-0.1, -0.05) is 37.3 Å². The number of hydrogen-bond acceptors (Lipinski definition) is 3. The van der Waals surface area contributed by atoms with Crippen LogP contribution in [0.2, 0.25) is 0 Å². The van der Waals surface area contributed by atoms with Gasteiger partial charge in [-0.05, 0) is 37.4 Å². The van der Waals surface area contributed by atoms with Crippen LogP contribution < -0.4 is 5.32 Å². The molecule has 3 heteroatoms. The van der Waals surface area contributed by atoms with Crippen molar-refractivity contribution >= 4 is 0 Å². The maximum Gasteiger partial charge on any atom is 0.0468 e. The summed E-state index contributed by atoms with van der Waals surface area (Å²) < 4.78 is 0. The van der Waals surface area contributed by atoms with Gasteiger partial charge in [0.1, 0.15) is 0 Å². The topological polar surface area (TPSA) is 35.5 Å². The number of hydrogen-bond donors (Lipinski definition) is 2. The molecule has 0 saturated carbocycles. The summed E-state index contributed by atoms with van der Waals surface area (Å²) in [5.74, 6) is 0.363. The Morgan fingerprint density at radius 2 is 1.95 bits per heavy atom. The van der Waals surface area contributed by atoms with Gasteiger partial charge in [0.25, 0.3) is 0 Å². The molecular weight excluding hydrogens is 236 g/mol. The van der Waals surface area contributed by atoms with Crippen LogP contribution in [0.1, 0.15) is 25.3 Å². The van der Waals surface area contributed by atoms with E-state index in [1.165, 1.54) is 31.5 Å². The Morgan fingerprint density at radius 1 is 1.26 bits per heavy atom. The quantitative estimate of drug-likeness (QED) is 0.821. The van der Waals surface area contributed by atoms with E-state index in [2.05, 4.69) is 47.5 Å². The van der Waals surface area contributed by atoms with Crippen molar-refractivity contribution in [1.29, 1.82) is 0 Å². The number of piperidine rings is 1. The Balaban J connectivity index is 1.68. The smallest absolute Gasteiger partial charge is 0.0468 e. The van der Waals surface area contributed by atoms with Crippen molar-refractivity contribution in [3.05, 3.63) is 35.9 Å². The van der Waals surface area contributed by atoms with Gasteiger partial charge >= 0.3 is 0 Å². The van der Waals surface area contributed by atoms with Gasteiger partial charge in [-0.15, -0.1) is 0 Å². The van der Waals surface area contributed by atoms with E-state index in [-0.39, 0.29) is 6.61 Å². The van der Waals surface area contributed by atoms with Gasteiger partial charge in [-0.3, -0.25) is 4.90 Å². The fourth-order valence-electron chi connectivity index (χ4n) is 2.57. The molecule has 1 aliphatic heterocycles. The molecule has 0 radical (unpaired) electrons. The normalized spacial score (nSPS) is 19.5. The first-order valence-corrected chi connectivity index (χ1v) is 7.38. The van der Waals surface area contributed by atoms with Crippen molar-refractivity contribution < 1.29 is 5.11 Å². The molecule has 3 nitrogen and oxygen atoms in total. The van der Waals surface area contributed by atoms with Crippen LogP contribution in [-0.4, -0.2) is 42.3 Å². The Hall–Kier alpha value is -0.900. The molecule has 2 rings (SSSR count). The molecule has 2 N–H and O–H groups in total. The Morgan fingerprint density at radius 3 is 2.58 bits per heavy atom. The zero-order valence-electron chi connectivity index (χ0n) is 11.9. The first-order valence-electron chi connectivity index (χ1n) is 7.38. The number of nitrogens with one attached hydrogen (secondary N) is 1. The van der Waals surface area contributed by atoms with E-state index < -0.39 is 0 Å². The number of likely N-dealkylation sites (tertiary alicyclic amines) is 1. The number of nitrogens with zero attached hydrogens (tertiary/aromatic N) is 1. The average Bonchev–Trinajstić information content (AvgIpc) is 2.47. The summed E-state index contributed by atoms with van der Waals surface area (Å²) in [5.41, 5.74) is 1.41. The molecule has 1 aromatic rings. The highest BCUT2D eigenvalue weighted by Gasteiger charge is 2.19. The Labute approximate surface area is 116 Å². The van der Waals surface area contributed by atoms with Crippen LogP contribution in [0, 0.1) is 5.92 Å². The highest BCUT2D eigenvalue weighted by Crippen LogP contribution is 2.14. The SMILES string of the molecule is CC(CO)CNC1CCN(Cc2ccccc2)CC1. The number of benzene rings is 1. The highest BCUT2D eigenvalue weighted by molar-refractivity contribution is 5.14. The largest absolute Gasteiger partial charge is 0.396 e. The monoisotopic (exact) mass is 262 g/mol. The molecule has 1 saturated heterocycles. The summed E-state index contributed by atoms with van der Waals surface area (Å²) in [6.45, 7) is 6.69. The van der Waals surface area contributed by atoms with Gasteiger partial charge in [-0.2, -0.15) is 0 Å². The summed E-state index contributed by atoms with van der Waals surface area (Å²) in [6, 6.07) is 11.3. The van der Waals surface area contributed by atoms with Crippen LogP contribution in [0.4, 0.5) is 0 Å². The molecule has 19 heavy (non-hydrogen) atoms. The van der Waals surface area contributed by atoms with Crippen molar-refractivity contribution in [2.45, 2.75) is 32.4 Å².